The van der Waals surface area contributed by atoms with Crippen LogP contribution < -0.4 is 0 Å². The SMILES string of the molecule is CC.CC.COC(=O)C#Cc1ccc(F)cc1. The predicted molar refractivity (Wildman–Crippen MR) is 68.0 cm³/mol. The second kappa shape index (κ2) is 12.3. The van der Waals surface area contributed by atoms with E-state index >= 15 is 0 Å². The van der Waals surface area contributed by atoms with E-state index < -0.39 is 5.97 Å². The number of carbonyl (C=O) groups excluding carboxylic acids is 1. The molecule has 94 valence electrons. The molecule has 1 aromatic carbocycles. The Bertz CT molecular complexity index is 358. The van der Waals surface area contributed by atoms with Crippen LogP contribution in [-0.4, -0.2) is 13.1 Å². The quantitative estimate of drug-likeness (QED) is 0.511. The molecule has 0 bridgehead atoms. The van der Waals surface area contributed by atoms with Crippen molar-refractivity contribution in [2.75, 3.05) is 7.11 Å². The van der Waals surface area contributed by atoms with Gasteiger partial charge >= 0.3 is 5.97 Å². The molecule has 0 aromatic heterocycles. The summed E-state index contributed by atoms with van der Waals surface area (Å²) in [7, 11) is 1.25. The molecule has 0 atom stereocenters. The van der Waals surface area contributed by atoms with Gasteiger partial charge in [0.1, 0.15) is 5.82 Å². The van der Waals surface area contributed by atoms with Gasteiger partial charge in [-0.05, 0) is 24.3 Å². The van der Waals surface area contributed by atoms with Gasteiger partial charge in [0, 0.05) is 11.5 Å². The number of rotatable bonds is 0. The predicted octanol–water partition coefficient (Wildman–Crippen LogP) is 3.40. The van der Waals surface area contributed by atoms with E-state index in [1.807, 2.05) is 27.7 Å². The highest BCUT2D eigenvalue weighted by Gasteiger charge is 1.91. The molecule has 0 fully saturated rings. The normalized spacial score (nSPS) is 7.18. The van der Waals surface area contributed by atoms with Crippen LogP contribution in [0.5, 0.6) is 0 Å². The molecule has 0 N–H and O–H groups in total. The Balaban J connectivity index is 0. The van der Waals surface area contributed by atoms with Gasteiger partial charge in [0.05, 0.1) is 7.11 Å². The first-order chi connectivity index (χ1) is 8.22. The Morgan fingerprint density at radius 3 is 2.00 bits per heavy atom. The molecular formula is C14H19FO2. The zero-order valence-corrected chi connectivity index (χ0v) is 11.0. The molecular weight excluding hydrogens is 219 g/mol. The van der Waals surface area contributed by atoms with Gasteiger partial charge in [-0.2, -0.15) is 0 Å². The van der Waals surface area contributed by atoms with Crippen molar-refractivity contribution in [2.45, 2.75) is 27.7 Å². The molecule has 0 amide bonds. The van der Waals surface area contributed by atoms with Crippen LogP contribution in [0.15, 0.2) is 24.3 Å². The van der Waals surface area contributed by atoms with E-state index in [0.29, 0.717) is 5.56 Å². The number of carbonyl (C=O) groups is 1. The van der Waals surface area contributed by atoms with E-state index in [4.69, 9.17) is 0 Å². The number of methoxy groups -OCH3 is 1. The van der Waals surface area contributed by atoms with Crippen molar-refractivity contribution in [2.24, 2.45) is 0 Å². The minimum absolute atomic E-state index is 0.330. The van der Waals surface area contributed by atoms with E-state index in [1.54, 1.807) is 0 Å². The summed E-state index contributed by atoms with van der Waals surface area (Å²) in [5.74, 6) is 3.83. The van der Waals surface area contributed by atoms with Gasteiger partial charge in [-0.15, -0.1) is 0 Å². The Morgan fingerprint density at radius 2 is 1.59 bits per heavy atom. The van der Waals surface area contributed by atoms with Crippen molar-refractivity contribution < 1.29 is 13.9 Å². The maximum Gasteiger partial charge on any atom is 0.384 e. The van der Waals surface area contributed by atoms with Gasteiger partial charge in [0.15, 0.2) is 0 Å². The van der Waals surface area contributed by atoms with Gasteiger partial charge in [-0.25, -0.2) is 9.18 Å². The van der Waals surface area contributed by atoms with E-state index in [-0.39, 0.29) is 5.82 Å². The van der Waals surface area contributed by atoms with E-state index in [0.717, 1.165) is 0 Å². The number of hydrogen-bond acceptors (Lipinski definition) is 2. The summed E-state index contributed by atoms with van der Waals surface area (Å²) in [5, 5.41) is 0. The summed E-state index contributed by atoms with van der Waals surface area (Å²) in [6, 6.07) is 5.54. The zero-order chi connectivity index (χ0) is 13.7. The standard InChI is InChI=1S/C10H7FO2.2C2H6/c1-13-10(12)7-4-8-2-5-9(11)6-3-8;2*1-2/h2-3,5-6H,1H3;2*1-2H3. The smallest absolute Gasteiger partial charge is 0.384 e. The van der Waals surface area contributed by atoms with Crippen LogP contribution in [-0.2, 0) is 9.53 Å². The van der Waals surface area contributed by atoms with Crippen LogP contribution in [0.2, 0.25) is 0 Å². The van der Waals surface area contributed by atoms with Crippen LogP contribution in [0.4, 0.5) is 4.39 Å². The molecule has 1 rings (SSSR count). The van der Waals surface area contributed by atoms with Gasteiger partial charge in [0.25, 0.3) is 0 Å². The molecule has 0 radical (unpaired) electrons. The van der Waals surface area contributed by atoms with E-state index in [9.17, 15) is 9.18 Å². The fourth-order valence-corrected chi connectivity index (χ4v) is 0.707. The number of ether oxygens (including phenoxy) is 1. The average Bonchev–Trinajstić information content (AvgIpc) is 2.42. The Morgan fingerprint density at radius 1 is 1.12 bits per heavy atom. The molecule has 0 saturated heterocycles. The van der Waals surface area contributed by atoms with Crippen molar-refractivity contribution in [1.82, 2.24) is 0 Å². The summed E-state index contributed by atoms with van der Waals surface area (Å²) in [6.45, 7) is 8.00. The van der Waals surface area contributed by atoms with Crippen LogP contribution in [0.25, 0.3) is 0 Å². The highest BCUT2D eigenvalue weighted by molar-refractivity contribution is 5.88. The second-order valence-corrected chi connectivity index (χ2v) is 2.25. The number of esters is 1. The highest BCUT2D eigenvalue weighted by Crippen LogP contribution is 2.00. The van der Waals surface area contributed by atoms with Crippen molar-refractivity contribution in [3.05, 3.63) is 35.6 Å². The van der Waals surface area contributed by atoms with Crippen molar-refractivity contribution in [3.63, 3.8) is 0 Å². The summed E-state index contributed by atoms with van der Waals surface area (Å²) >= 11 is 0. The number of halogens is 1. The first-order valence-electron chi connectivity index (χ1n) is 5.58. The largest absolute Gasteiger partial charge is 0.459 e. The summed E-state index contributed by atoms with van der Waals surface area (Å²) in [5.41, 5.74) is 0.576. The molecule has 0 heterocycles. The first kappa shape index (κ1) is 17.6. The lowest BCUT2D eigenvalue weighted by atomic mass is 10.2. The van der Waals surface area contributed by atoms with E-state index in [2.05, 4.69) is 16.6 Å². The lowest BCUT2D eigenvalue weighted by molar-refractivity contribution is -0.133. The van der Waals surface area contributed by atoms with Crippen molar-refractivity contribution >= 4 is 5.97 Å². The summed E-state index contributed by atoms with van der Waals surface area (Å²) in [4.78, 5) is 10.6. The fourth-order valence-electron chi connectivity index (χ4n) is 0.707. The molecule has 1 aromatic rings. The van der Waals surface area contributed by atoms with Crippen LogP contribution in [0.3, 0.4) is 0 Å². The minimum Gasteiger partial charge on any atom is -0.459 e. The number of hydrogen-bond donors (Lipinski definition) is 0. The minimum atomic E-state index is -0.607. The lowest BCUT2D eigenvalue weighted by Gasteiger charge is -1.88. The van der Waals surface area contributed by atoms with Crippen LogP contribution in [0.1, 0.15) is 33.3 Å². The molecule has 0 spiro atoms. The molecule has 17 heavy (non-hydrogen) atoms. The lowest BCUT2D eigenvalue weighted by Crippen LogP contribution is -1.94. The Hall–Kier alpha value is -1.82. The topological polar surface area (TPSA) is 26.3 Å². The molecule has 2 nitrogen and oxygen atoms in total. The van der Waals surface area contributed by atoms with Crippen LogP contribution >= 0.6 is 0 Å². The maximum absolute atomic E-state index is 12.4. The maximum atomic E-state index is 12.4. The fraction of sp³-hybridized carbons (Fsp3) is 0.357. The third kappa shape index (κ3) is 9.13. The molecule has 0 aliphatic carbocycles. The molecule has 0 unspecified atom stereocenters. The molecule has 0 aliphatic rings. The Labute approximate surface area is 103 Å². The average molecular weight is 238 g/mol. The van der Waals surface area contributed by atoms with Crippen molar-refractivity contribution in [3.8, 4) is 11.8 Å². The van der Waals surface area contributed by atoms with Crippen LogP contribution in [0, 0.1) is 17.7 Å². The second-order valence-electron chi connectivity index (χ2n) is 2.25. The van der Waals surface area contributed by atoms with Gasteiger partial charge in [-0.3, -0.25) is 0 Å². The molecule has 0 saturated carbocycles. The van der Waals surface area contributed by atoms with Gasteiger partial charge in [0.2, 0.25) is 0 Å². The third-order valence-electron chi connectivity index (χ3n) is 1.34. The van der Waals surface area contributed by atoms with Crippen molar-refractivity contribution in [1.29, 1.82) is 0 Å². The summed E-state index contributed by atoms with van der Waals surface area (Å²) < 4.78 is 16.7. The zero-order valence-electron chi connectivity index (χ0n) is 11.0. The summed E-state index contributed by atoms with van der Waals surface area (Å²) in [6.07, 6.45) is 0. The molecule has 0 aliphatic heterocycles. The van der Waals surface area contributed by atoms with Gasteiger partial charge < -0.3 is 4.74 Å². The number of benzene rings is 1. The molecule has 3 heteroatoms. The van der Waals surface area contributed by atoms with E-state index in [1.165, 1.54) is 31.4 Å². The third-order valence-corrected chi connectivity index (χ3v) is 1.34. The monoisotopic (exact) mass is 238 g/mol. The highest BCUT2D eigenvalue weighted by atomic mass is 19.1. The first-order valence-corrected chi connectivity index (χ1v) is 5.58. The Kier molecular flexibility index (Phi) is 12.7. The van der Waals surface area contributed by atoms with Gasteiger partial charge in [-0.1, -0.05) is 33.6 Å².